The Labute approximate surface area is 88.8 Å². The van der Waals surface area contributed by atoms with Crippen molar-refractivity contribution in [1.29, 1.82) is 0 Å². The van der Waals surface area contributed by atoms with Gasteiger partial charge in [-0.1, -0.05) is 0 Å². The maximum atomic E-state index is 5.19. The van der Waals surface area contributed by atoms with Crippen molar-refractivity contribution in [2.45, 2.75) is 0 Å². The molecule has 0 saturated heterocycles. The van der Waals surface area contributed by atoms with E-state index in [1.54, 1.807) is 26.0 Å². The Kier molecular flexibility index (Phi) is 4.46. The lowest BCUT2D eigenvalue weighted by molar-refractivity contribution is 0.355. The minimum atomic E-state index is 0.749. The van der Waals surface area contributed by atoms with E-state index in [4.69, 9.17) is 9.47 Å². The largest absolute Gasteiger partial charge is 0.493 e. The van der Waals surface area contributed by atoms with Gasteiger partial charge in [-0.15, -0.1) is 11.8 Å². The van der Waals surface area contributed by atoms with Gasteiger partial charge in [0.2, 0.25) is 0 Å². The molecule has 1 rings (SSSR count). The second kappa shape index (κ2) is 5.65. The summed E-state index contributed by atoms with van der Waals surface area (Å²) in [5.74, 6) is 2.39. The zero-order chi connectivity index (χ0) is 10.4. The van der Waals surface area contributed by atoms with Crippen LogP contribution in [0.2, 0.25) is 0 Å². The Morgan fingerprint density at radius 1 is 1.21 bits per heavy atom. The number of methoxy groups -OCH3 is 2. The van der Waals surface area contributed by atoms with Crippen LogP contribution in [0.4, 0.5) is 5.69 Å². The first-order valence-electron chi connectivity index (χ1n) is 4.26. The van der Waals surface area contributed by atoms with Crippen LogP contribution in [0.3, 0.4) is 0 Å². The average Bonchev–Trinajstić information content (AvgIpc) is 2.25. The van der Waals surface area contributed by atoms with Crippen molar-refractivity contribution < 1.29 is 9.47 Å². The van der Waals surface area contributed by atoms with Gasteiger partial charge in [0.1, 0.15) is 0 Å². The summed E-state index contributed by atoms with van der Waals surface area (Å²) in [4.78, 5) is 0. The van der Waals surface area contributed by atoms with Crippen LogP contribution >= 0.6 is 11.8 Å². The first-order valence-corrected chi connectivity index (χ1v) is 5.66. The summed E-state index contributed by atoms with van der Waals surface area (Å²) in [5, 5.41) is 3.25. The molecule has 0 aliphatic heterocycles. The quantitative estimate of drug-likeness (QED) is 0.761. The Hall–Kier alpha value is -1.03. The van der Waals surface area contributed by atoms with Crippen LogP contribution in [0.1, 0.15) is 0 Å². The SMILES string of the molecule is COc1ccc(NCSC)cc1OC. The van der Waals surface area contributed by atoms with Crippen molar-refractivity contribution in [2.24, 2.45) is 0 Å². The highest BCUT2D eigenvalue weighted by molar-refractivity contribution is 7.98. The Morgan fingerprint density at radius 3 is 2.50 bits per heavy atom. The molecule has 14 heavy (non-hydrogen) atoms. The Balaban J connectivity index is 2.79. The zero-order valence-corrected chi connectivity index (χ0v) is 9.48. The highest BCUT2D eigenvalue weighted by Crippen LogP contribution is 2.29. The van der Waals surface area contributed by atoms with Gasteiger partial charge < -0.3 is 14.8 Å². The lowest BCUT2D eigenvalue weighted by Crippen LogP contribution is -1.98. The summed E-state index contributed by atoms with van der Waals surface area (Å²) in [5.41, 5.74) is 1.04. The van der Waals surface area contributed by atoms with E-state index < -0.39 is 0 Å². The number of hydrogen-bond donors (Lipinski definition) is 1. The minimum Gasteiger partial charge on any atom is -0.493 e. The molecule has 0 aliphatic rings. The molecule has 1 aromatic carbocycles. The summed E-state index contributed by atoms with van der Waals surface area (Å²) in [6.07, 6.45) is 2.05. The molecular formula is C10H15NO2S. The third-order valence-corrected chi connectivity index (χ3v) is 2.24. The topological polar surface area (TPSA) is 30.5 Å². The Bertz CT molecular complexity index is 291. The fourth-order valence-corrected chi connectivity index (χ4v) is 1.41. The molecule has 3 nitrogen and oxygen atoms in total. The molecule has 0 radical (unpaired) electrons. The van der Waals surface area contributed by atoms with Crippen LogP contribution in [-0.2, 0) is 0 Å². The molecule has 0 spiro atoms. The van der Waals surface area contributed by atoms with Crippen LogP contribution in [0.5, 0.6) is 11.5 Å². The van der Waals surface area contributed by atoms with Crippen LogP contribution < -0.4 is 14.8 Å². The van der Waals surface area contributed by atoms with Crippen molar-refractivity contribution in [3.8, 4) is 11.5 Å². The molecule has 78 valence electrons. The molecule has 0 heterocycles. The van der Waals surface area contributed by atoms with Crippen LogP contribution in [0.15, 0.2) is 18.2 Å². The summed E-state index contributed by atoms with van der Waals surface area (Å²) in [6.45, 7) is 0. The van der Waals surface area contributed by atoms with E-state index in [2.05, 4.69) is 5.32 Å². The first kappa shape index (κ1) is 11.0. The van der Waals surface area contributed by atoms with Gasteiger partial charge in [0.05, 0.1) is 20.1 Å². The number of anilines is 1. The fourth-order valence-electron chi connectivity index (χ4n) is 1.10. The lowest BCUT2D eigenvalue weighted by atomic mass is 10.3. The zero-order valence-electron chi connectivity index (χ0n) is 8.66. The summed E-state index contributed by atoms with van der Waals surface area (Å²) in [6, 6.07) is 5.79. The van der Waals surface area contributed by atoms with Gasteiger partial charge >= 0.3 is 0 Å². The molecule has 0 bridgehead atoms. The number of hydrogen-bond acceptors (Lipinski definition) is 4. The molecule has 0 aromatic heterocycles. The molecule has 1 N–H and O–H groups in total. The van der Waals surface area contributed by atoms with E-state index in [1.165, 1.54) is 0 Å². The highest BCUT2D eigenvalue weighted by atomic mass is 32.2. The standard InChI is InChI=1S/C10H15NO2S/c1-12-9-5-4-8(11-7-14-3)6-10(9)13-2/h4-6,11H,7H2,1-3H3. The van der Waals surface area contributed by atoms with Gasteiger partial charge in [0, 0.05) is 11.8 Å². The summed E-state index contributed by atoms with van der Waals surface area (Å²) < 4.78 is 10.3. The van der Waals surface area contributed by atoms with Gasteiger partial charge in [-0.3, -0.25) is 0 Å². The molecule has 1 aromatic rings. The van der Waals surface area contributed by atoms with Crippen molar-refractivity contribution in [1.82, 2.24) is 0 Å². The van der Waals surface area contributed by atoms with Crippen LogP contribution in [0.25, 0.3) is 0 Å². The maximum Gasteiger partial charge on any atom is 0.162 e. The summed E-state index contributed by atoms with van der Waals surface area (Å²) >= 11 is 1.74. The fraction of sp³-hybridized carbons (Fsp3) is 0.400. The van der Waals surface area contributed by atoms with E-state index in [0.29, 0.717) is 0 Å². The number of rotatable bonds is 5. The van der Waals surface area contributed by atoms with E-state index in [9.17, 15) is 0 Å². The highest BCUT2D eigenvalue weighted by Gasteiger charge is 2.03. The molecular weight excluding hydrogens is 198 g/mol. The first-order chi connectivity index (χ1) is 6.81. The molecule has 0 aliphatic carbocycles. The molecule has 0 unspecified atom stereocenters. The predicted molar refractivity (Wildman–Crippen MR) is 61.6 cm³/mol. The van der Waals surface area contributed by atoms with Crippen molar-refractivity contribution in [3.63, 3.8) is 0 Å². The smallest absolute Gasteiger partial charge is 0.162 e. The van der Waals surface area contributed by atoms with Gasteiger partial charge in [-0.2, -0.15) is 0 Å². The van der Waals surface area contributed by atoms with E-state index in [1.807, 2.05) is 24.5 Å². The summed E-state index contributed by atoms with van der Waals surface area (Å²) in [7, 11) is 3.27. The molecule has 0 saturated carbocycles. The molecule has 0 atom stereocenters. The van der Waals surface area contributed by atoms with Crippen molar-refractivity contribution in [2.75, 3.05) is 31.7 Å². The van der Waals surface area contributed by atoms with Gasteiger partial charge in [0.25, 0.3) is 0 Å². The van der Waals surface area contributed by atoms with Gasteiger partial charge in [-0.05, 0) is 18.4 Å². The van der Waals surface area contributed by atoms with Crippen LogP contribution in [0, 0.1) is 0 Å². The Morgan fingerprint density at radius 2 is 1.93 bits per heavy atom. The lowest BCUT2D eigenvalue weighted by Gasteiger charge is -2.10. The third-order valence-electron chi connectivity index (χ3n) is 1.80. The van der Waals surface area contributed by atoms with Crippen molar-refractivity contribution in [3.05, 3.63) is 18.2 Å². The number of benzene rings is 1. The second-order valence-corrected chi connectivity index (χ2v) is 3.55. The normalized spacial score (nSPS) is 9.64. The molecule has 0 amide bonds. The predicted octanol–water partition coefficient (Wildman–Crippen LogP) is 2.44. The monoisotopic (exact) mass is 213 g/mol. The van der Waals surface area contributed by atoms with E-state index in [-0.39, 0.29) is 0 Å². The van der Waals surface area contributed by atoms with E-state index >= 15 is 0 Å². The van der Waals surface area contributed by atoms with Gasteiger partial charge in [0.15, 0.2) is 11.5 Å². The molecule has 0 fully saturated rings. The number of thioether (sulfide) groups is 1. The molecule has 4 heteroatoms. The van der Waals surface area contributed by atoms with E-state index in [0.717, 1.165) is 23.1 Å². The average molecular weight is 213 g/mol. The third kappa shape index (κ3) is 2.73. The number of nitrogens with one attached hydrogen (secondary N) is 1. The van der Waals surface area contributed by atoms with Gasteiger partial charge in [-0.25, -0.2) is 0 Å². The van der Waals surface area contributed by atoms with Crippen LogP contribution in [-0.4, -0.2) is 26.4 Å². The second-order valence-electron chi connectivity index (χ2n) is 2.68. The number of ether oxygens (including phenoxy) is 2. The minimum absolute atomic E-state index is 0.749. The maximum absolute atomic E-state index is 5.19. The van der Waals surface area contributed by atoms with Crippen molar-refractivity contribution >= 4 is 17.4 Å².